The number of nitrogens with zero attached hydrogens (tertiary/aromatic N) is 1. The van der Waals surface area contributed by atoms with Gasteiger partial charge in [0.15, 0.2) is 0 Å². The third-order valence-electron chi connectivity index (χ3n) is 4.29. The predicted molar refractivity (Wildman–Crippen MR) is 96.8 cm³/mol. The SMILES string of the molecule is CC(=O)N1CCc2c(sc(NC(=O)c3ccc(C)cc3)c2C(N)=O)C1. The zero-order valence-electron chi connectivity index (χ0n) is 14.1. The van der Waals surface area contributed by atoms with Crippen LogP contribution in [0.15, 0.2) is 24.3 Å². The van der Waals surface area contributed by atoms with Crippen LogP contribution in [-0.4, -0.2) is 29.2 Å². The highest BCUT2D eigenvalue weighted by atomic mass is 32.1. The second kappa shape index (κ2) is 6.68. The van der Waals surface area contributed by atoms with Gasteiger partial charge in [-0.1, -0.05) is 17.7 Å². The normalized spacial score (nSPS) is 13.3. The molecule has 3 N–H and O–H groups in total. The van der Waals surface area contributed by atoms with Crippen LogP contribution in [0.2, 0.25) is 0 Å². The molecule has 0 radical (unpaired) electrons. The maximum Gasteiger partial charge on any atom is 0.256 e. The van der Waals surface area contributed by atoms with E-state index in [1.165, 1.54) is 18.3 Å². The Bertz CT molecular complexity index is 855. The molecule has 2 heterocycles. The molecule has 0 bridgehead atoms. The number of nitrogens with one attached hydrogen (secondary N) is 1. The zero-order chi connectivity index (χ0) is 18.1. The Morgan fingerprint density at radius 1 is 1.20 bits per heavy atom. The number of nitrogens with two attached hydrogens (primary N) is 1. The number of hydrogen-bond acceptors (Lipinski definition) is 4. The lowest BCUT2D eigenvalue weighted by molar-refractivity contribution is -0.129. The van der Waals surface area contributed by atoms with Crippen molar-refractivity contribution < 1.29 is 14.4 Å². The van der Waals surface area contributed by atoms with Crippen LogP contribution in [0.3, 0.4) is 0 Å². The van der Waals surface area contributed by atoms with Crippen LogP contribution in [0.4, 0.5) is 5.00 Å². The van der Waals surface area contributed by atoms with Crippen molar-refractivity contribution in [1.29, 1.82) is 0 Å². The maximum atomic E-state index is 12.5. The predicted octanol–water partition coefficient (Wildman–Crippen LogP) is 2.31. The van der Waals surface area contributed by atoms with Gasteiger partial charge >= 0.3 is 0 Å². The summed E-state index contributed by atoms with van der Waals surface area (Å²) in [5, 5.41) is 3.26. The van der Waals surface area contributed by atoms with Gasteiger partial charge in [-0.2, -0.15) is 0 Å². The molecule has 7 heteroatoms. The van der Waals surface area contributed by atoms with Gasteiger partial charge in [-0.05, 0) is 31.0 Å². The number of benzene rings is 1. The Morgan fingerprint density at radius 3 is 2.48 bits per heavy atom. The Hall–Kier alpha value is -2.67. The van der Waals surface area contributed by atoms with Gasteiger partial charge in [0, 0.05) is 23.9 Å². The van der Waals surface area contributed by atoms with Crippen molar-refractivity contribution in [2.75, 3.05) is 11.9 Å². The van der Waals surface area contributed by atoms with Crippen molar-refractivity contribution in [2.45, 2.75) is 26.8 Å². The van der Waals surface area contributed by atoms with Gasteiger partial charge in [-0.15, -0.1) is 11.3 Å². The fourth-order valence-corrected chi connectivity index (χ4v) is 4.16. The van der Waals surface area contributed by atoms with Crippen molar-refractivity contribution in [3.63, 3.8) is 0 Å². The van der Waals surface area contributed by atoms with Gasteiger partial charge in [-0.3, -0.25) is 14.4 Å². The first-order valence-corrected chi connectivity index (χ1v) is 8.76. The van der Waals surface area contributed by atoms with Crippen LogP contribution in [0, 0.1) is 6.92 Å². The number of hydrogen-bond donors (Lipinski definition) is 2. The molecule has 3 rings (SSSR count). The van der Waals surface area contributed by atoms with Crippen LogP contribution >= 0.6 is 11.3 Å². The summed E-state index contributed by atoms with van der Waals surface area (Å²) in [6.07, 6.45) is 0.560. The molecule has 0 unspecified atom stereocenters. The van der Waals surface area contributed by atoms with E-state index in [1.807, 2.05) is 19.1 Å². The molecular weight excluding hydrogens is 338 g/mol. The van der Waals surface area contributed by atoms with E-state index in [-0.39, 0.29) is 11.8 Å². The molecule has 0 saturated heterocycles. The summed E-state index contributed by atoms with van der Waals surface area (Å²) in [6.45, 7) is 4.45. The van der Waals surface area contributed by atoms with Crippen molar-refractivity contribution >= 4 is 34.1 Å². The first-order chi connectivity index (χ1) is 11.9. The highest BCUT2D eigenvalue weighted by molar-refractivity contribution is 7.17. The van der Waals surface area contributed by atoms with E-state index in [9.17, 15) is 14.4 Å². The summed E-state index contributed by atoms with van der Waals surface area (Å²) in [7, 11) is 0. The Balaban J connectivity index is 1.91. The number of fused-ring (bicyclic) bond motifs is 1. The van der Waals surface area contributed by atoms with Crippen LogP contribution in [0.25, 0.3) is 0 Å². The molecule has 0 fully saturated rings. The van der Waals surface area contributed by atoms with Crippen LogP contribution in [0.1, 0.15) is 43.6 Å². The topological polar surface area (TPSA) is 92.5 Å². The van der Waals surface area contributed by atoms with Crippen LogP contribution < -0.4 is 11.1 Å². The van der Waals surface area contributed by atoms with E-state index in [2.05, 4.69) is 5.32 Å². The number of carbonyl (C=O) groups excluding carboxylic acids is 3. The summed E-state index contributed by atoms with van der Waals surface area (Å²) >= 11 is 1.31. The van der Waals surface area contributed by atoms with Crippen LogP contribution in [0.5, 0.6) is 0 Å². The minimum atomic E-state index is -0.562. The Labute approximate surface area is 149 Å². The molecule has 0 aliphatic carbocycles. The van der Waals surface area contributed by atoms with Gasteiger partial charge in [0.1, 0.15) is 5.00 Å². The first kappa shape index (κ1) is 17.2. The third-order valence-corrected chi connectivity index (χ3v) is 5.42. The monoisotopic (exact) mass is 357 g/mol. The first-order valence-electron chi connectivity index (χ1n) is 7.94. The number of aryl methyl sites for hydroxylation is 1. The molecule has 1 aliphatic rings. The summed E-state index contributed by atoms with van der Waals surface area (Å²) in [4.78, 5) is 38.6. The number of primary amides is 1. The maximum absolute atomic E-state index is 12.5. The Morgan fingerprint density at radius 2 is 1.88 bits per heavy atom. The fourth-order valence-electron chi connectivity index (χ4n) is 2.90. The molecule has 130 valence electrons. The number of anilines is 1. The minimum absolute atomic E-state index is 0.00934. The lowest BCUT2D eigenvalue weighted by Crippen LogP contribution is -2.34. The third kappa shape index (κ3) is 3.41. The quantitative estimate of drug-likeness (QED) is 0.883. The number of carbonyl (C=O) groups is 3. The average molecular weight is 357 g/mol. The lowest BCUT2D eigenvalue weighted by Gasteiger charge is -2.25. The van der Waals surface area contributed by atoms with Gasteiger partial charge in [0.05, 0.1) is 12.1 Å². The van der Waals surface area contributed by atoms with E-state index >= 15 is 0 Å². The van der Waals surface area contributed by atoms with E-state index in [1.54, 1.807) is 17.0 Å². The fraction of sp³-hybridized carbons (Fsp3) is 0.278. The smallest absolute Gasteiger partial charge is 0.256 e. The van der Waals surface area contributed by atoms with E-state index in [0.29, 0.717) is 35.6 Å². The molecule has 1 aromatic carbocycles. The largest absolute Gasteiger partial charge is 0.365 e. The van der Waals surface area contributed by atoms with Gasteiger partial charge in [0.2, 0.25) is 5.91 Å². The van der Waals surface area contributed by atoms with Crippen molar-refractivity contribution in [3.8, 4) is 0 Å². The highest BCUT2D eigenvalue weighted by Gasteiger charge is 2.28. The molecule has 0 atom stereocenters. The van der Waals surface area contributed by atoms with Gasteiger partial charge in [0.25, 0.3) is 11.8 Å². The number of rotatable bonds is 3. The van der Waals surface area contributed by atoms with Crippen LogP contribution in [-0.2, 0) is 17.8 Å². The summed E-state index contributed by atoms with van der Waals surface area (Å²) in [5.74, 6) is -0.859. The molecule has 1 aromatic heterocycles. The molecular formula is C18H19N3O3S. The summed E-state index contributed by atoms with van der Waals surface area (Å²) in [6, 6.07) is 7.18. The number of thiophene rings is 1. The zero-order valence-corrected chi connectivity index (χ0v) is 14.9. The van der Waals surface area contributed by atoms with Gasteiger partial charge < -0.3 is 16.0 Å². The van der Waals surface area contributed by atoms with E-state index < -0.39 is 5.91 Å². The second-order valence-corrected chi connectivity index (χ2v) is 7.19. The minimum Gasteiger partial charge on any atom is -0.365 e. The molecule has 2 aromatic rings. The molecule has 3 amide bonds. The van der Waals surface area contributed by atoms with Gasteiger partial charge in [-0.25, -0.2) is 0 Å². The molecule has 0 spiro atoms. The number of amides is 3. The highest BCUT2D eigenvalue weighted by Crippen LogP contribution is 2.37. The summed E-state index contributed by atoms with van der Waals surface area (Å²) in [5.41, 5.74) is 8.33. The van der Waals surface area contributed by atoms with E-state index in [0.717, 1.165) is 16.0 Å². The van der Waals surface area contributed by atoms with E-state index in [4.69, 9.17) is 5.73 Å². The summed E-state index contributed by atoms with van der Waals surface area (Å²) < 4.78 is 0. The lowest BCUT2D eigenvalue weighted by atomic mass is 10.0. The van der Waals surface area contributed by atoms with Crippen molar-refractivity contribution in [2.24, 2.45) is 5.73 Å². The van der Waals surface area contributed by atoms with Crippen molar-refractivity contribution in [1.82, 2.24) is 4.90 Å². The second-order valence-electron chi connectivity index (χ2n) is 6.08. The standard InChI is InChI=1S/C18H19N3O3S/c1-10-3-5-12(6-4-10)17(24)20-18-15(16(19)23)13-7-8-21(11(2)22)9-14(13)25-18/h3-6H,7-9H2,1-2H3,(H2,19,23)(H,20,24). The molecule has 0 saturated carbocycles. The molecule has 25 heavy (non-hydrogen) atoms. The Kier molecular flexibility index (Phi) is 4.59. The molecule has 1 aliphatic heterocycles. The molecule has 6 nitrogen and oxygen atoms in total. The van der Waals surface area contributed by atoms with Crippen molar-refractivity contribution in [3.05, 3.63) is 51.4 Å². The average Bonchev–Trinajstić information content (AvgIpc) is 2.92.